The van der Waals surface area contributed by atoms with Crippen LogP contribution in [0.1, 0.15) is 34.6 Å². The molecule has 1 unspecified atom stereocenters. The Kier molecular flexibility index (Phi) is 70.8. The largest absolute Gasteiger partial charge is 0.481 e. The first-order valence-electron chi connectivity index (χ1n) is 4.64. The zero-order chi connectivity index (χ0) is 17.9. The van der Waals surface area contributed by atoms with E-state index in [1.807, 2.05) is 0 Å². The lowest BCUT2D eigenvalue weighted by Crippen LogP contribution is -1.78. The van der Waals surface area contributed by atoms with Crippen LogP contribution in [0.5, 0.6) is 0 Å². The number of hydrogen-bond donors (Lipinski definition) is 5. The van der Waals surface area contributed by atoms with Gasteiger partial charge >= 0.3 is 0 Å². The van der Waals surface area contributed by atoms with Crippen molar-refractivity contribution in [2.24, 2.45) is 0 Å². The van der Waals surface area contributed by atoms with Gasteiger partial charge in [0.05, 0.1) is 0 Å². The topological polar surface area (TPSA) is 186 Å². The van der Waals surface area contributed by atoms with E-state index >= 15 is 0 Å². The minimum Gasteiger partial charge on any atom is -0.481 e. The van der Waals surface area contributed by atoms with Crippen LogP contribution in [0.2, 0.25) is 0 Å². The second-order valence-corrected chi connectivity index (χ2v) is 2.60. The predicted octanol–water partition coefficient (Wildman–Crippen LogP) is 0.625. The van der Waals surface area contributed by atoms with E-state index < -0.39 is 29.8 Å². The predicted molar refractivity (Wildman–Crippen MR) is 88.0 cm³/mol. The fourth-order valence-electron chi connectivity index (χ4n) is 0. The summed E-state index contributed by atoms with van der Waals surface area (Å²) in [5, 5.41) is 37.1. The Bertz CT molecular complexity index is 216. The van der Waals surface area contributed by atoms with Gasteiger partial charge in [0.25, 0.3) is 29.8 Å². The normalized spacial score (nSPS) is 5.68. The van der Waals surface area contributed by atoms with Crippen molar-refractivity contribution in [2.45, 2.75) is 34.6 Å². The van der Waals surface area contributed by atoms with E-state index in [1.165, 1.54) is 0 Å². The monoisotopic (exact) mass is 368 g/mol. The Balaban J connectivity index is -0.0000000250. The van der Waals surface area contributed by atoms with Crippen LogP contribution in [0.15, 0.2) is 0 Å². The summed E-state index contributed by atoms with van der Waals surface area (Å²) in [6.07, 6.45) is 0. The van der Waals surface area contributed by atoms with Crippen molar-refractivity contribution < 1.29 is 49.5 Å². The highest BCUT2D eigenvalue weighted by molar-refractivity contribution is 7.59. The average Bonchev–Trinajstić information content (AvgIpc) is 1.94. The minimum absolute atomic E-state index is 0. The zero-order valence-electron chi connectivity index (χ0n) is 13.0. The maximum absolute atomic E-state index is 9.00. The molecule has 0 aromatic carbocycles. The fourth-order valence-corrected chi connectivity index (χ4v) is 0. The lowest BCUT2D eigenvalue weighted by Gasteiger charge is -1.59. The van der Waals surface area contributed by atoms with Crippen molar-refractivity contribution in [1.29, 1.82) is 0 Å². The Morgan fingerprint density at radius 2 is 0.455 bits per heavy atom. The maximum atomic E-state index is 9.00. The van der Waals surface area contributed by atoms with Gasteiger partial charge in [0, 0.05) is 34.6 Å². The third kappa shape index (κ3) is 1520. The zero-order valence-corrected chi connectivity index (χ0v) is 15.4. The number of carboxylic acids is 5. The molecule has 0 aliphatic heterocycles. The van der Waals surface area contributed by atoms with Gasteiger partial charge in [-0.25, -0.2) is 0 Å². The van der Waals surface area contributed by atoms with Gasteiger partial charge in [-0.3, -0.25) is 24.0 Å². The van der Waals surface area contributed by atoms with Crippen LogP contribution < -0.4 is 0 Å². The first-order chi connectivity index (χ1) is 8.66. The van der Waals surface area contributed by atoms with Crippen LogP contribution >= 0.6 is 23.4 Å². The van der Waals surface area contributed by atoms with E-state index in [-0.39, 0.29) is 23.4 Å². The van der Waals surface area contributed by atoms with Crippen LogP contribution in [0.25, 0.3) is 0 Å². The Morgan fingerprint density at radius 3 is 0.455 bits per heavy atom. The summed E-state index contributed by atoms with van der Waals surface area (Å²) in [6, 6.07) is 0. The lowest BCUT2D eigenvalue weighted by molar-refractivity contribution is -0.135. The van der Waals surface area contributed by atoms with Crippen LogP contribution in [-0.2, 0) is 24.0 Å². The summed E-state index contributed by atoms with van der Waals surface area (Å²) in [6.45, 7) is 5.42. The van der Waals surface area contributed by atoms with Crippen LogP contribution in [-0.4, -0.2) is 55.4 Å². The molecule has 0 radical (unpaired) electrons. The van der Waals surface area contributed by atoms with Crippen LogP contribution in [0.3, 0.4) is 0 Å². The average molecular weight is 368 g/mol. The first kappa shape index (κ1) is 42.7. The molecule has 0 spiro atoms. The Labute approximate surface area is 138 Å². The molecule has 0 aliphatic carbocycles. The molecule has 22 heavy (non-hydrogen) atoms. The molecule has 0 aromatic heterocycles. The van der Waals surface area contributed by atoms with E-state index in [4.69, 9.17) is 49.5 Å². The van der Waals surface area contributed by atoms with E-state index in [2.05, 4.69) is 0 Å². The number of carboxylic acid groups (broad SMARTS) is 5. The van der Waals surface area contributed by atoms with Gasteiger partial charge in [-0.05, 0) is 0 Å². The molecule has 0 amide bonds. The van der Waals surface area contributed by atoms with E-state index in [9.17, 15) is 0 Å². The number of rotatable bonds is 0. The third-order valence-corrected chi connectivity index (χ3v) is 0. The highest BCUT2D eigenvalue weighted by Gasteiger charge is 1.66. The molecular weight excluding hydrogens is 343 g/mol. The molecule has 0 saturated heterocycles. The molecule has 136 valence electrons. The van der Waals surface area contributed by atoms with Gasteiger partial charge in [0.1, 0.15) is 0 Å². The molecule has 10 nitrogen and oxygen atoms in total. The second-order valence-electron chi connectivity index (χ2n) is 2.60. The summed E-state index contributed by atoms with van der Waals surface area (Å²) in [5.41, 5.74) is 0. The standard InChI is InChI=1S/5C2H4O2.H3P.H2S/c5*1-2(3)4;;/h5*1H3,(H,3,4);1H3;1H2. The molecule has 0 aliphatic rings. The van der Waals surface area contributed by atoms with Crippen molar-refractivity contribution in [3.8, 4) is 0 Å². The molecule has 1 atom stereocenters. The SMILES string of the molecule is CC(=O)O.CC(=O)O.CC(=O)O.CC(=O)O.CC(=O)O.P.S. The van der Waals surface area contributed by atoms with Crippen molar-refractivity contribution in [1.82, 2.24) is 0 Å². The molecule has 0 rings (SSSR count). The van der Waals surface area contributed by atoms with Crippen molar-refractivity contribution in [3.05, 3.63) is 0 Å². The van der Waals surface area contributed by atoms with Gasteiger partial charge in [0.15, 0.2) is 0 Å². The van der Waals surface area contributed by atoms with Gasteiger partial charge in [-0.1, -0.05) is 0 Å². The molecule has 0 bridgehead atoms. The van der Waals surface area contributed by atoms with Crippen molar-refractivity contribution >= 4 is 53.2 Å². The fraction of sp³-hybridized carbons (Fsp3) is 0.500. The molecule has 0 fully saturated rings. The smallest absolute Gasteiger partial charge is 0.300 e. The van der Waals surface area contributed by atoms with Crippen LogP contribution in [0.4, 0.5) is 0 Å². The van der Waals surface area contributed by atoms with Crippen molar-refractivity contribution in [3.63, 3.8) is 0 Å². The summed E-state index contributed by atoms with van der Waals surface area (Å²) in [5.74, 6) is -4.17. The molecule has 0 saturated carbocycles. The number of hydrogen-bond acceptors (Lipinski definition) is 5. The van der Waals surface area contributed by atoms with Gasteiger partial charge in [-0.2, -0.15) is 23.4 Å². The summed E-state index contributed by atoms with van der Waals surface area (Å²) < 4.78 is 0. The summed E-state index contributed by atoms with van der Waals surface area (Å²) >= 11 is 0. The van der Waals surface area contributed by atoms with Crippen LogP contribution in [0, 0.1) is 0 Å². The number of aliphatic carboxylic acids is 5. The van der Waals surface area contributed by atoms with Crippen molar-refractivity contribution in [2.75, 3.05) is 0 Å². The van der Waals surface area contributed by atoms with E-state index in [1.54, 1.807) is 0 Å². The highest BCUT2D eigenvalue weighted by Crippen LogP contribution is 1.43. The first-order valence-corrected chi connectivity index (χ1v) is 4.64. The third-order valence-electron chi connectivity index (χ3n) is 0. The molecule has 0 aromatic rings. The van der Waals surface area contributed by atoms with Gasteiger partial charge < -0.3 is 25.5 Å². The Hall–Kier alpha value is -1.87. The highest BCUT2D eigenvalue weighted by atomic mass is 32.1. The number of carbonyl (C=O) groups is 5. The summed E-state index contributed by atoms with van der Waals surface area (Å²) in [7, 11) is 0. The molecule has 12 heteroatoms. The molecular formula is C10H25O10PS. The molecule has 0 heterocycles. The Morgan fingerprint density at radius 1 is 0.455 bits per heavy atom. The van der Waals surface area contributed by atoms with Gasteiger partial charge in [0.2, 0.25) is 0 Å². The second kappa shape index (κ2) is 36.5. The quantitative estimate of drug-likeness (QED) is 0.379. The van der Waals surface area contributed by atoms with E-state index in [0.717, 1.165) is 34.6 Å². The van der Waals surface area contributed by atoms with Gasteiger partial charge in [-0.15, -0.1) is 0 Å². The minimum atomic E-state index is -0.833. The molecule has 5 N–H and O–H groups in total. The lowest BCUT2D eigenvalue weighted by atomic mass is 10.9. The maximum Gasteiger partial charge on any atom is 0.300 e. The van der Waals surface area contributed by atoms with E-state index in [0.29, 0.717) is 0 Å². The summed E-state index contributed by atoms with van der Waals surface area (Å²) in [4.78, 5) is 45.0.